The average molecular weight is 281 g/mol. The zero-order valence-electron chi connectivity index (χ0n) is 9.58. The van der Waals surface area contributed by atoms with E-state index < -0.39 is 28.7 Å². The van der Waals surface area contributed by atoms with E-state index in [0.29, 0.717) is 0 Å². The van der Waals surface area contributed by atoms with E-state index >= 15 is 0 Å². The maximum Gasteiger partial charge on any atom is 0.387 e. The third-order valence-electron chi connectivity index (χ3n) is 1.89. The van der Waals surface area contributed by atoms with Gasteiger partial charge in [0.1, 0.15) is 17.8 Å². The lowest BCUT2D eigenvalue weighted by atomic mass is 10.2. The second-order valence-electron chi connectivity index (χ2n) is 3.11. The van der Waals surface area contributed by atoms with E-state index in [1.165, 1.54) is 12.1 Å². The summed E-state index contributed by atoms with van der Waals surface area (Å²) in [6.45, 7) is -3.15. The molecule has 0 saturated heterocycles. The average Bonchev–Trinajstić information content (AvgIpc) is 2.40. The molecule has 1 N–H and O–H groups in total. The molecule has 1 aromatic carbocycles. The molecule has 0 aliphatic carbocycles. The third kappa shape index (κ3) is 3.89. The van der Waals surface area contributed by atoms with Crippen molar-refractivity contribution in [1.82, 2.24) is 0 Å². The van der Waals surface area contributed by atoms with Crippen LogP contribution in [0.5, 0.6) is 5.75 Å². The summed E-state index contributed by atoms with van der Waals surface area (Å²) in [7, 11) is 0. The number of ether oxygens (including phenoxy) is 1. The first-order valence-electron chi connectivity index (χ1n) is 4.85. The molecule has 0 radical (unpaired) electrons. The number of anilines is 1. The van der Waals surface area contributed by atoms with Crippen LogP contribution < -0.4 is 10.2 Å². The normalized spacial score (nSPS) is 9.25. The van der Waals surface area contributed by atoms with Crippen molar-refractivity contribution in [2.45, 2.75) is 6.61 Å². The Morgan fingerprint density at radius 3 is 2.60 bits per heavy atom. The van der Waals surface area contributed by atoms with Gasteiger partial charge >= 0.3 is 6.61 Å². The molecule has 0 bridgehead atoms. The van der Waals surface area contributed by atoms with Gasteiger partial charge in [0.05, 0.1) is 4.92 Å². The fourth-order valence-corrected chi connectivity index (χ4v) is 1.11. The molecule has 8 nitrogen and oxygen atoms in total. The number of nitrogens with one attached hydrogen (secondary N) is 1. The number of hydrogen-bond donors (Lipinski definition) is 1. The van der Waals surface area contributed by atoms with Crippen LogP contribution in [-0.4, -0.2) is 17.2 Å². The van der Waals surface area contributed by atoms with E-state index in [1.807, 2.05) is 0 Å². The van der Waals surface area contributed by atoms with Crippen molar-refractivity contribution >= 4 is 17.1 Å². The van der Waals surface area contributed by atoms with E-state index in [-0.39, 0.29) is 5.69 Å². The van der Waals surface area contributed by atoms with Crippen molar-refractivity contribution in [3.05, 3.63) is 28.3 Å². The van der Waals surface area contributed by atoms with Gasteiger partial charge in [0.2, 0.25) is 5.71 Å². The topological polar surface area (TPSA) is 124 Å². The van der Waals surface area contributed by atoms with Gasteiger partial charge in [0.15, 0.2) is 5.75 Å². The molecule has 0 fully saturated rings. The molecule has 102 valence electrons. The van der Waals surface area contributed by atoms with Gasteiger partial charge in [0, 0.05) is 12.1 Å². The van der Waals surface area contributed by atoms with Crippen LogP contribution in [0.25, 0.3) is 0 Å². The first-order chi connectivity index (χ1) is 9.47. The van der Waals surface area contributed by atoms with Crippen LogP contribution in [-0.2, 0) is 0 Å². The van der Waals surface area contributed by atoms with Gasteiger partial charge in [0.25, 0.3) is 5.69 Å². The number of alkyl halides is 2. The molecular formula is C10H5F2N5O3. The Hall–Kier alpha value is -3.27. The Morgan fingerprint density at radius 2 is 2.10 bits per heavy atom. The number of benzene rings is 1. The highest BCUT2D eigenvalue weighted by Crippen LogP contribution is 2.30. The van der Waals surface area contributed by atoms with E-state index in [2.05, 4.69) is 15.3 Å². The molecule has 0 atom stereocenters. The summed E-state index contributed by atoms with van der Waals surface area (Å²) in [4.78, 5) is 9.83. The van der Waals surface area contributed by atoms with Crippen LogP contribution in [0.4, 0.5) is 20.2 Å². The van der Waals surface area contributed by atoms with Gasteiger partial charge in [-0.2, -0.15) is 24.4 Å². The summed E-state index contributed by atoms with van der Waals surface area (Å²) in [6.07, 6.45) is 0. The molecular weight excluding hydrogens is 276 g/mol. The van der Waals surface area contributed by atoms with Crippen LogP contribution in [0.2, 0.25) is 0 Å². The van der Waals surface area contributed by atoms with Gasteiger partial charge in [-0.15, -0.1) is 0 Å². The standard InChI is InChI=1S/C10H5F2N5O3/c11-10(12)20-9-2-1-7(17(18)19)3-8(9)16-15-6(4-13)5-14/h1-3,10,16H. The van der Waals surface area contributed by atoms with Gasteiger partial charge in [-0.3, -0.25) is 15.5 Å². The Labute approximate surface area is 110 Å². The number of halogens is 2. The predicted molar refractivity (Wildman–Crippen MR) is 62.0 cm³/mol. The molecule has 0 aliphatic heterocycles. The second kappa shape index (κ2) is 6.61. The van der Waals surface area contributed by atoms with Crippen molar-refractivity contribution in [2.75, 3.05) is 5.43 Å². The zero-order chi connectivity index (χ0) is 15.1. The fourth-order valence-electron chi connectivity index (χ4n) is 1.11. The minimum Gasteiger partial charge on any atom is -0.433 e. The molecule has 0 saturated carbocycles. The zero-order valence-corrected chi connectivity index (χ0v) is 9.58. The van der Waals surface area contributed by atoms with Crippen LogP contribution in [0.3, 0.4) is 0 Å². The van der Waals surface area contributed by atoms with Crippen molar-refractivity contribution in [3.63, 3.8) is 0 Å². The van der Waals surface area contributed by atoms with Gasteiger partial charge in [-0.1, -0.05) is 0 Å². The molecule has 1 aromatic rings. The number of non-ortho nitro benzene ring substituents is 1. The van der Waals surface area contributed by atoms with Crippen LogP contribution >= 0.6 is 0 Å². The summed E-state index contributed by atoms with van der Waals surface area (Å²) in [5, 5.41) is 30.8. The summed E-state index contributed by atoms with van der Waals surface area (Å²) in [5.41, 5.74) is 0.834. The molecule has 0 amide bonds. The Balaban J connectivity index is 3.15. The van der Waals surface area contributed by atoms with Crippen molar-refractivity contribution in [2.24, 2.45) is 5.10 Å². The molecule has 20 heavy (non-hydrogen) atoms. The number of nitro benzene ring substituents is 1. The molecule has 0 aliphatic rings. The Morgan fingerprint density at radius 1 is 1.45 bits per heavy atom. The minimum atomic E-state index is -3.15. The van der Waals surface area contributed by atoms with Gasteiger partial charge < -0.3 is 4.74 Å². The summed E-state index contributed by atoms with van der Waals surface area (Å²) in [6, 6.07) is 5.63. The Kier molecular flexibility index (Phi) is 4.89. The van der Waals surface area contributed by atoms with E-state index in [0.717, 1.165) is 18.2 Å². The maximum atomic E-state index is 12.2. The van der Waals surface area contributed by atoms with Gasteiger partial charge in [-0.25, -0.2) is 0 Å². The lowest BCUT2D eigenvalue weighted by Gasteiger charge is -2.09. The van der Waals surface area contributed by atoms with Crippen molar-refractivity contribution < 1.29 is 18.4 Å². The highest BCUT2D eigenvalue weighted by atomic mass is 19.3. The molecule has 0 unspecified atom stereocenters. The predicted octanol–water partition coefficient (Wildman–Crippen LogP) is 2.01. The quantitative estimate of drug-likeness (QED) is 0.500. The summed E-state index contributed by atoms with van der Waals surface area (Å²) >= 11 is 0. The van der Waals surface area contributed by atoms with Crippen LogP contribution in [0, 0.1) is 32.8 Å². The Bertz CT molecular complexity index is 617. The number of hydrazone groups is 1. The summed E-state index contributed by atoms with van der Waals surface area (Å²) in [5.74, 6) is -0.412. The number of rotatable bonds is 5. The molecule has 10 heteroatoms. The molecule has 0 spiro atoms. The first-order valence-corrected chi connectivity index (χ1v) is 4.85. The van der Waals surface area contributed by atoms with E-state index in [4.69, 9.17) is 10.5 Å². The van der Waals surface area contributed by atoms with Crippen LogP contribution in [0.1, 0.15) is 0 Å². The molecule has 1 rings (SSSR count). The van der Waals surface area contributed by atoms with E-state index in [9.17, 15) is 18.9 Å². The molecule has 0 heterocycles. The molecule has 0 aromatic heterocycles. The lowest BCUT2D eigenvalue weighted by molar-refractivity contribution is -0.384. The van der Waals surface area contributed by atoms with E-state index in [1.54, 1.807) is 0 Å². The fraction of sp³-hybridized carbons (Fsp3) is 0.100. The smallest absolute Gasteiger partial charge is 0.387 e. The van der Waals surface area contributed by atoms with Crippen molar-refractivity contribution in [3.8, 4) is 17.9 Å². The minimum absolute atomic E-state index is 0.275. The van der Waals surface area contributed by atoms with Crippen molar-refractivity contribution in [1.29, 1.82) is 10.5 Å². The van der Waals surface area contributed by atoms with Gasteiger partial charge in [-0.05, 0) is 6.07 Å². The summed E-state index contributed by atoms with van der Waals surface area (Å²) < 4.78 is 28.5. The van der Waals surface area contributed by atoms with Crippen LogP contribution in [0.15, 0.2) is 23.3 Å². The number of nitriles is 2. The highest BCUT2D eigenvalue weighted by molar-refractivity contribution is 6.10. The second-order valence-corrected chi connectivity index (χ2v) is 3.11. The lowest BCUT2D eigenvalue weighted by Crippen LogP contribution is -2.05. The maximum absolute atomic E-state index is 12.2. The monoisotopic (exact) mass is 281 g/mol. The first kappa shape index (κ1) is 14.8. The largest absolute Gasteiger partial charge is 0.433 e. The number of hydrogen-bond acceptors (Lipinski definition) is 7. The SMILES string of the molecule is N#CC(C#N)=NNc1cc([N+](=O)[O-])ccc1OC(F)F. The third-order valence-corrected chi connectivity index (χ3v) is 1.89. The number of nitrogens with zero attached hydrogens (tertiary/aromatic N) is 4. The highest BCUT2D eigenvalue weighted by Gasteiger charge is 2.14. The number of nitro groups is 1.